The van der Waals surface area contributed by atoms with Crippen molar-refractivity contribution in [2.24, 2.45) is 11.3 Å². The number of hydrogen-bond acceptors (Lipinski definition) is 2. The van der Waals surface area contributed by atoms with Gasteiger partial charge in [0.25, 0.3) is 0 Å². The van der Waals surface area contributed by atoms with Gasteiger partial charge < -0.3 is 10.6 Å². The van der Waals surface area contributed by atoms with Gasteiger partial charge >= 0.3 is 0 Å². The van der Waals surface area contributed by atoms with E-state index in [1.54, 1.807) is 6.92 Å². The molecule has 0 radical (unpaired) electrons. The maximum absolute atomic E-state index is 12.6. The van der Waals surface area contributed by atoms with E-state index in [4.69, 9.17) is 0 Å². The highest BCUT2D eigenvalue weighted by molar-refractivity contribution is 5.89. The largest absolute Gasteiger partial charge is 0.354 e. The lowest BCUT2D eigenvalue weighted by molar-refractivity contribution is -0.133. The van der Waals surface area contributed by atoms with E-state index in [9.17, 15) is 9.59 Å². The van der Waals surface area contributed by atoms with Crippen LogP contribution in [-0.2, 0) is 9.59 Å². The first kappa shape index (κ1) is 19.7. The van der Waals surface area contributed by atoms with Gasteiger partial charge in [0.2, 0.25) is 11.8 Å². The summed E-state index contributed by atoms with van der Waals surface area (Å²) in [5.41, 5.74) is 5.16. The Kier molecular flexibility index (Phi) is 4.97. The maximum atomic E-state index is 12.6. The summed E-state index contributed by atoms with van der Waals surface area (Å²) < 4.78 is 0. The molecule has 0 unspecified atom stereocenters. The van der Waals surface area contributed by atoms with Crippen molar-refractivity contribution < 1.29 is 9.59 Å². The van der Waals surface area contributed by atoms with Crippen LogP contribution in [0.4, 0.5) is 0 Å². The highest BCUT2D eigenvalue weighted by Crippen LogP contribution is 2.55. The summed E-state index contributed by atoms with van der Waals surface area (Å²) in [5.74, 6) is 0.837. The van der Waals surface area contributed by atoms with Crippen LogP contribution in [0.3, 0.4) is 0 Å². The number of amides is 2. The standard InChI is InChI=1S/C25H30N2O2/c1-15(27-24(29)25(2,3)4)23(28)26-14-16-13-21-17-9-5-7-11-19(17)22(16)20-12-8-6-10-18(20)21/h5-12,15-16,21-22H,13-14H2,1-4H3,(H,26,28)(H,27,29)/t15-,16+,21?,22?/m0/s1. The molecule has 0 saturated heterocycles. The van der Waals surface area contributed by atoms with E-state index in [0.29, 0.717) is 24.3 Å². The second-order valence-corrected chi connectivity index (χ2v) is 9.47. The van der Waals surface area contributed by atoms with E-state index < -0.39 is 11.5 Å². The third-order valence-corrected chi connectivity index (χ3v) is 6.38. The molecule has 3 aliphatic rings. The Morgan fingerprint density at radius 3 is 2.00 bits per heavy atom. The van der Waals surface area contributed by atoms with Crippen molar-refractivity contribution in [2.75, 3.05) is 6.54 Å². The number of carbonyl (C=O) groups is 2. The van der Waals surface area contributed by atoms with Gasteiger partial charge in [0.05, 0.1) is 0 Å². The summed E-state index contributed by atoms with van der Waals surface area (Å²) >= 11 is 0. The molecular weight excluding hydrogens is 360 g/mol. The number of rotatable bonds is 4. The van der Waals surface area contributed by atoms with Crippen molar-refractivity contribution in [3.05, 3.63) is 70.8 Å². The molecule has 2 aromatic carbocycles. The van der Waals surface area contributed by atoms with Crippen LogP contribution < -0.4 is 10.6 Å². The first-order valence-corrected chi connectivity index (χ1v) is 10.5. The Balaban J connectivity index is 1.49. The van der Waals surface area contributed by atoms with E-state index in [0.717, 1.165) is 6.42 Å². The molecule has 0 aliphatic heterocycles. The van der Waals surface area contributed by atoms with Gasteiger partial charge in [-0.3, -0.25) is 9.59 Å². The minimum atomic E-state index is -0.540. The Hall–Kier alpha value is -2.62. The third kappa shape index (κ3) is 3.57. The topological polar surface area (TPSA) is 58.2 Å². The number of hydrogen-bond donors (Lipinski definition) is 2. The van der Waals surface area contributed by atoms with E-state index >= 15 is 0 Å². The van der Waals surface area contributed by atoms with Crippen molar-refractivity contribution in [3.8, 4) is 0 Å². The monoisotopic (exact) mass is 390 g/mol. The normalized spacial score (nSPS) is 23.0. The summed E-state index contributed by atoms with van der Waals surface area (Å²) in [7, 11) is 0. The van der Waals surface area contributed by atoms with Crippen LogP contribution in [0.15, 0.2) is 48.5 Å². The summed E-state index contributed by atoms with van der Waals surface area (Å²) in [5, 5.41) is 5.92. The number of benzene rings is 2. The van der Waals surface area contributed by atoms with Gasteiger partial charge in [-0.15, -0.1) is 0 Å². The van der Waals surface area contributed by atoms with Crippen molar-refractivity contribution in [2.45, 2.75) is 52.0 Å². The van der Waals surface area contributed by atoms with Gasteiger partial charge in [0.15, 0.2) is 0 Å². The molecule has 0 heterocycles. The molecule has 2 bridgehead atoms. The molecular formula is C25H30N2O2. The average molecular weight is 391 g/mol. The Morgan fingerprint density at radius 2 is 1.48 bits per heavy atom. The van der Waals surface area contributed by atoms with Crippen LogP contribution in [0.1, 0.15) is 68.2 Å². The molecule has 2 N–H and O–H groups in total. The first-order chi connectivity index (χ1) is 13.8. The molecule has 152 valence electrons. The molecule has 0 fully saturated rings. The molecule has 3 aliphatic carbocycles. The van der Waals surface area contributed by atoms with Gasteiger partial charge in [-0.2, -0.15) is 0 Å². The van der Waals surface area contributed by atoms with Crippen molar-refractivity contribution in [1.29, 1.82) is 0 Å². The first-order valence-electron chi connectivity index (χ1n) is 10.5. The number of carbonyl (C=O) groups excluding carboxylic acids is 2. The summed E-state index contributed by atoms with van der Waals surface area (Å²) in [6.07, 6.45) is 1.04. The molecule has 5 rings (SSSR count). The molecule has 0 saturated carbocycles. The van der Waals surface area contributed by atoms with E-state index in [2.05, 4.69) is 59.2 Å². The van der Waals surface area contributed by atoms with Gasteiger partial charge in [-0.1, -0.05) is 69.3 Å². The molecule has 2 aromatic rings. The lowest BCUT2D eigenvalue weighted by Crippen LogP contribution is -2.49. The maximum Gasteiger partial charge on any atom is 0.242 e. The predicted octanol–water partition coefficient (Wildman–Crippen LogP) is 3.95. The van der Waals surface area contributed by atoms with Crippen LogP contribution >= 0.6 is 0 Å². The molecule has 4 nitrogen and oxygen atoms in total. The van der Waals surface area contributed by atoms with Crippen LogP contribution in [0.25, 0.3) is 0 Å². The van der Waals surface area contributed by atoms with E-state index in [-0.39, 0.29) is 11.8 Å². The number of nitrogens with one attached hydrogen (secondary N) is 2. The van der Waals surface area contributed by atoms with E-state index in [1.165, 1.54) is 22.3 Å². The molecule has 2 atom stereocenters. The molecule has 29 heavy (non-hydrogen) atoms. The molecule has 0 spiro atoms. The zero-order valence-corrected chi connectivity index (χ0v) is 17.7. The molecule has 4 heteroatoms. The van der Waals surface area contributed by atoms with Crippen molar-refractivity contribution >= 4 is 11.8 Å². The van der Waals surface area contributed by atoms with Gasteiger partial charge in [0, 0.05) is 23.8 Å². The fraction of sp³-hybridized carbons (Fsp3) is 0.440. The minimum Gasteiger partial charge on any atom is -0.354 e. The van der Waals surface area contributed by atoms with Gasteiger partial charge in [-0.05, 0) is 41.5 Å². The van der Waals surface area contributed by atoms with Crippen LogP contribution in [0.5, 0.6) is 0 Å². The average Bonchev–Trinajstić information content (AvgIpc) is 2.71. The highest BCUT2D eigenvalue weighted by Gasteiger charge is 2.43. The van der Waals surface area contributed by atoms with Crippen LogP contribution in [-0.4, -0.2) is 24.4 Å². The zero-order valence-electron chi connectivity index (χ0n) is 17.7. The second kappa shape index (κ2) is 7.33. The Morgan fingerprint density at radius 1 is 0.966 bits per heavy atom. The van der Waals surface area contributed by atoms with Crippen molar-refractivity contribution in [3.63, 3.8) is 0 Å². The predicted molar refractivity (Wildman–Crippen MR) is 115 cm³/mol. The van der Waals surface area contributed by atoms with Crippen LogP contribution in [0.2, 0.25) is 0 Å². The quantitative estimate of drug-likeness (QED) is 0.830. The summed E-state index contributed by atoms with van der Waals surface area (Å²) in [6, 6.07) is 16.9. The second-order valence-electron chi connectivity index (χ2n) is 9.47. The Labute approximate surface area is 173 Å². The van der Waals surface area contributed by atoms with Gasteiger partial charge in [0.1, 0.15) is 6.04 Å². The fourth-order valence-corrected chi connectivity index (χ4v) is 4.82. The SMILES string of the molecule is C[C@H](NC(=O)C(C)(C)C)C(=O)NC[C@H]1CC2c3ccccc3C1c1ccccc12. The minimum absolute atomic E-state index is 0.111. The Bertz CT molecular complexity index is 896. The molecule has 0 aromatic heterocycles. The summed E-state index contributed by atoms with van der Waals surface area (Å²) in [4.78, 5) is 24.8. The lowest BCUT2D eigenvalue weighted by Gasteiger charge is -2.45. The van der Waals surface area contributed by atoms with Crippen molar-refractivity contribution in [1.82, 2.24) is 10.6 Å². The smallest absolute Gasteiger partial charge is 0.242 e. The van der Waals surface area contributed by atoms with E-state index in [1.807, 2.05) is 20.8 Å². The van der Waals surface area contributed by atoms with Crippen LogP contribution in [0, 0.1) is 11.3 Å². The third-order valence-electron chi connectivity index (χ3n) is 6.38. The van der Waals surface area contributed by atoms with Gasteiger partial charge in [-0.25, -0.2) is 0 Å². The fourth-order valence-electron chi connectivity index (χ4n) is 4.82. The lowest BCUT2D eigenvalue weighted by atomic mass is 9.59. The highest BCUT2D eigenvalue weighted by atomic mass is 16.2. The molecule has 2 amide bonds. The number of fused-ring (bicyclic) bond motifs is 1. The zero-order chi connectivity index (χ0) is 20.8. The summed E-state index contributed by atoms with van der Waals surface area (Å²) in [6.45, 7) is 7.91.